The Kier molecular flexibility index (Phi) is 5.38. The number of nitro groups is 1. The number of nitrogens with one attached hydrogen (secondary N) is 2. The normalized spacial score (nSPS) is 16.7. The second-order valence-corrected chi connectivity index (χ2v) is 5.74. The molecule has 116 valence electrons. The highest BCUT2D eigenvalue weighted by atomic mass is 16.6. The molecule has 6 heteroatoms. The van der Waals surface area contributed by atoms with Crippen LogP contribution < -0.4 is 10.6 Å². The summed E-state index contributed by atoms with van der Waals surface area (Å²) in [5, 5.41) is 17.2. The van der Waals surface area contributed by atoms with E-state index in [0.29, 0.717) is 0 Å². The monoisotopic (exact) mass is 292 g/mol. The average molecular weight is 292 g/mol. The number of benzene rings is 1. The molecule has 1 heterocycles. The summed E-state index contributed by atoms with van der Waals surface area (Å²) in [6.45, 7) is 3.20. The Balaban J connectivity index is 1.87. The van der Waals surface area contributed by atoms with Crippen LogP contribution in [0.15, 0.2) is 18.2 Å². The minimum absolute atomic E-state index is 0.114. The van der Waals surface area contributed by atoms with Crippen LogP contribution in [0.4, 0.5) is 17.1 Å². The summed E-state index contributed by atoms with van der Waals surface area (Å²) >= 11 is 0. The van der Waals surface area contributed by atoms with Crippen molar-refractivity contribution >= 4 is 17.1 Å². The number of anilines is 2. The van der Waals surface area contributed by atoms with Gasteiger partial charge in [0.2, 0.25) is 0 Å². The van der Waals surface area contributed by atoms with Gasteiger partial charge in [-0.15, -0.1) is 0 Å². The fourth-order valence-corrected chi connectivity index (χ4v) is 2.73. The summed E-state index contributed by atoms with van der Waals surface area (Å²) in [5.74, 6) is 0.760. The first-order valence-electron chi connectivity index (χ1n) is 7.48. The predicted molar refractivity (Wildman–Crippen MR) is 86.0 cm³/mol. The Morgan fingerprint density at radius 2 is 1.95 bits per heavy atom. The van der Waals surface area contributed by atoms with Crippen LogP contribution in [0.1, 0.15) is 19.3 Å². The van der Waals surface area contributed by atoms with E-state index in [1.165, 1.54) is 25.9 Å². The molecule has 0 radical (unpaired) electrons. The van der Waals surface area contributed by atoms with Crippen molar-refractivity contribution in [2.24, 2.45) is 5.92 Å². The first kappa shape index (κ1) is 15.6. The molecular formula is C15H24N4O2. The standard InChI is InChI=1S/C15H24N4O2/c1-16-13-9-14(11-15(10-13)19(20)21)17-6-3-12-4-7-18(2)8-5-12/h9-12,16-17H,3-8H2,1-2H3. The first-order valence-corrected chi connectivity index (χ1v) is 7.48. The minimum Gasteiger partial charge on any atom is -0.388 e. The molecule has 0 amide bonds. The number of nitro benzene ring substituents is 1. The van der Waals surface area contributed by atoms with E-state index in [4.69, 9.17) is 0 Å². The highest BCUT2D eigenvalue weighted by molar-refractivity contribution is 5.63. The van der Waals surface area contributed by atoms with E-state index in [1.54, 1.807) is 19.2 Å². The van der Waals surface area contributed by atoms with Crippen LogP contribution in [0.3, 0.4) is 0 Å². The van der Waals surface area contributed by atoms with Gasteiger partial charge in [-0.25, -0.2) is 0 Å². The second-order valence-electron chi connectivity index (χ2n) is 5.74. The summed E-state index contributed by atoms with van der Waals surface area (Å²) in [7, 11) is 3.93. The first-order chi connectivity index (χ1) is 10.1. The molecule has 1 fully saturated rings. The van der Waals surface area contributed by atoms with Crippen LogP contribution in [-0.2, 0) is 0 Å². The van der Waals surface area contributed by atoms with Crippen molar-refractivity contribution in [1.82, 2.24) is 4.90 Å². The van der Waals surface area contributed by atoms with Crippen molar-refractivity contribution in [1.29, 1.82) is 0 Å². The van der Waals surface area contributed by atoms with Crippen LogP contribution >= 0.6 is 0 Å². The van der Waals surface area contributed by atoms with Crippen LogP contribution in [0.2, 0.25) is 0 Å². The average Bonchev–Trinajstić information content (AvgIpc) is 2.49. The molecule has 6 nitrogen and oxygen atoms in total. The van der Waals surface area contributed by atoms with E-state index in [9.17, 15) is 10.1 Å². The van der Waals surface area contributed by atoms with Crippen molar-refractivity contribution < 1.29 is 4.92 Å². The maximum atomic E-state index is 10.9. The van der Waals surface area contributed by atoms with Gasteiger partial charge in [0.25, 0.3) is 5.69 Å². The second kappa shape index (κ2) is 7.26. The zero-order valence-corrected chi connectivity index (χ0v) is 12.8. The molecule has 1 aromatic carbocycles. The van der Waals surface area contributed by atoms with Crippen LogP contribution in [0.25, 0.3) is 0 Å². The molecule has 2 rings (SSSR count). The SMILES string of the molecule is CNc1cc(NCCC2CCN(C)CC2)cc([N+](=O)[O-])c1. The van der Waals surface area contributed by atoms with Gasteiger partial charge in [-0.05, 0) is 51.4 Å². The van der Waals surface area contributed by atoms with Crippen LogP contribution in [-0.4, -0.2) is 43.6 Å². The Morgan fingerprint density at radius 3 is 2.57 bits per heavy atom. The Morgan fingerprint density at radius 1 is 1.29 bits per heavy atom. The molecule has 1 aliphatic rings. The lowest BCUT2D eigenvalue weighted by Gasteiger charge is -2.29. The summed E-state index contributed by atoms with van der Waals surface area (Å²) < 4.78 is 0. The lowest BCUT2D eigenvalue weighted by Crippen LogP contribution is -2.30. The molecule has 0 unspecified atom stereocenters. The topological polar surface area (TPSA) is 70.4 Å². The van der Waals surface area contributed by atoms with E-state index < -0.39 is 0 Å². The molecule has 21 heavy (non-hydrogen) atoms. The molecule has 1 saturated heterocycles. The van der Waals surface area contributed by atoms with E-state index in [-0.39, 0.29) is 10.6 Å². The van der Waals surface area contributed by atoms with E-state index in [2.05, 4.69) is 22.6 Å². The summed E-state index contributed by atoms with van der Waals surface area (Å²) in [4.78, 5) is 12.9. The highest BCUT2D eigenvalue weighted by Gasteiger charge is 2.16. The fourth-order valence-electron chi connectivity index (χ4n) is 2.73. The maximum absolute atomic E-state index is 10.9. The Bertz CT molecular complexity index is 485. The number of hydrogen-bond donors (Lipinski definition) is 2. The van der Waals surface area contributed by atoms with E-state index >= 15 is 0 Å². The zero-order valence-electron chi connectivity index (χ0n) is 12.8. The van der Waals surface area contributed by atoms with Crippen molar-refractivity contribution in [2.45, 2.75) is 19.3 Å². The fraction of sp³-hybridized carbons (Fsp3) is 0.600. The van der Waals surface area contributed by atoms with E-state index in [0.717, 1.165) is 30.3 Å². The van der Waals surface area contributed by atoms with Gasteiger partial charge < -0.3 is 15.5 Å². The number of rotatable bonds is 6. The molecular weight excluding hydrogens is 268 g/mol. The van der Waals surface area contributed by atoms with Gasteiger partial charge >= 0.3 is 0 Å². The summed E-state index contributed by atoms with van der Waals surface area (Å²) in [5.41, 5.74) is 1.68. The highest BCUT2D eigenvalue weighted by Crippen LogP contribution is 2.25. The molecule has 0 atom stereocenters. The number of likely N-dealkylation sites (tertiary alicyclic amines) is 1. The quantitative estimate of drug-likeness (QED) is 0.623. The van der Waals surface area contributed by atoms with Gasteiger partial charge in [-0.1, -0.05) is 0 Å². The molecule has 0 aliphatic carbocycles. The third-order valence-electron chi connectivity index (χ3n) is 4.14. The van der Waals surface area contributed by atoms with Gasteiger partial charge in [-0.2, -0.15) is 0 Å². The largest absolute Gasteiger partial charge is 0.388 e. The van der Waals surface area contributed by atoms with Crippen molar-refractivity contribution in [2.75, 3.05) is 44.4 Å². The van der Waals surface area contributed by atoms with Crippen LogP contribution in [0.5, 0.6) is 0 Å². The number of non-ortho nitro benzene ring substituents is 1. The maximum Gasteiger partial charge on any atom is 0.273 e. The Hall–Kier alpha value is -1.82. The molecule has 0 spiro atoms. The van der Waals surface area contributed by atoms with Gasteiger partial charge in [0.05, 0.1) is 4.92 Å². The third kappa shape index (κ3) is 4.60. The Labute approximate surface area is 125 Å². The molecule has 1 aliphatic heterocycles. The molecule has 0 aromatic heterocycles. The molecule has 0 saturated carbocycles. The summed E-state index contributed by atoms with van der Waals surface area (Å²) in [6.07, 6.45) is 3.61. The number of hydrogen-bond acceptors (Lipinski definition) is 5. The van der Waals surface area contributed by atoms with Crippen LogP contribution in [0, 0.1) is 16.0 Å². The van der Waals surface area contributed by atoms with Gasteiger partial charge in [0.1, 0.15) is 0 Å². The lowest BCUT2D eigenvalue weighted by molar-refractivity contribution is -0.384. The zero-order chi connectivity index (χ0) is 15.2. The minimum atomic E-state index is -0.358. The molecule has 0 bridgehead atoms. The van der Waals surface area contributed by atoms with E-state index in [1.807, 2.05) is 6.07 Å². The lowest BCUT2D eigenvalue weighted by atomic mass is 9.94. The van der Waals surface area contributed by atoms with Gasteiger partial charge in [-0.3, -0.25) is 10.1 Å². The van der Waals surface area contributed by atoms with Crippen molar-refractivity contribution in [3.63, 3.8) is 0 Å². The summed E-state index contributed by atoms with van der Waals surface area (Å²) in [6, 6.07) is 5.04. The van der Waals surface area contributed by atoms with Crippen molar-refractivity contribution in [3.8, 4) is 0 Å². The molecule has 2 N–H and O–H groups in total. The predicted octanol–water partition coefficient (Wildman–Crippen LogP) is 2.78. The number of nitrogens with zero attached hydrogens (tertiary/aromatic N) is 2. The smallest absolute Gasteiger partial charge is 0.273 e. The van der Waals surface area contributed by atoms with Gasteiger partial charge in [0, 0.05) is 37.1 Å². The molecule has 1 aromatic rings. The van der Waals surface area contributed by atoms with Gasteiger partial charge in [0.15, 0.2) is 0 Å². The van der Waals surface area contributed by atoms with Crippen molar-refractivity contribution in [3.05, 3.63) is 28.3 Å². The third-order valence-corrected chi connectivity index (χ3v) is 4.14. The number of piperidine rings is 1.